The first-order valence-corrected chi connectivity index (χ1v) is 25.2. The number of alkyl halides is 1. The second-order valence-corrected chi connectivity index (χ2v) is 21.3. The minimum atomic E-state index is -1.59. The van der Waals surface area contributed by atoms with Crippen molar-refractivity contribution in [1.29, 1.82) is 0 Å². The van der Waals surface area contributed by atoms with E-state index < -0.39 is 58.8 Å². The van der Waals surface area contributed by atoms with Gasteiger partial charge in [-0.25, -0.2) is 18.2 Å². The highest BCUT2D eigenvalue weighted by Crippen LogP contribution is 2.50. The van der Waals surface area contributed by atoms with Gasteiger partial charge in [0.05, 0.1) is 61.3 Å². The van der Waals surface area contributed by atoms with Crippen LogP contribution in [0.1, 0.15) is 88.4 Å². The molecule has 0 saturated carbocycles. The van der Waals surface area contributed by atoms with Crippen molar-refractivity contribution in [2.75, 3.05) is 66.4 Å². The summed E-state index contributed by atoms with van der Waals surface area (Å²) in [5.41, 5.74) is 6.42. The zero-order valence-electron chi connectivity index (χ0n) is 42.1. The van der Waals surface area contributed by atoms with Crippen molar-refractivity contribution < 1.29 is 51.6 Å². The van der Waals surface area contributed by atoms with Crippen molar-refractivity contribution in [2.24, 2.45) is 5.41 Å². The van der Waals surface area contributed by atoms with E-state index in [2.05, 4.69) is 10.3 Å². The molecule has 0 unspecified atom stereocenters. The minimum Gasteiger partial charge on any atom is -0.491 e. The quantitative estimate of drug-likeness (QED) is 0.0793. The van der Waals surface area contributed by atoms with E-state index >= 15 is 13.2 Å². The van der Waals surface area contributed by atoms with E-state index in [1.165, 1.54) is 42.8 Å². The Bertz CT molecular complexity index is 2520. The molecule has 17 heteroatoms. The highest BCUT2D eigenvalue weighted by atomic mass is 32.1. The van der Waals surface area contributed by atoms with Crippen LogP contribution < -0.4 is 10.1 Å². The minimum absolute atomic E-state index is 0.0150. The Morgan fingerprint density at radius 1 is 0.944 bits per heavy atom. The molecule has 13 nitrogen and oxygen atoms in total. The molecule has 3 heterocycles. The number of hydrogen-bond acceptors (Lipinski definition) is 11. The lowest BCUT2D eigenvalue weighted by Gasteiger charge is -2.44. The Labute approximate surface area is 419 Å². The topological polar surface area (TPSA) is 143 Å². The predicted molar refractivity (Wildman–Crippen MR) is 266 cm³/mol. The van der Waals surface area contributed by atoms with Crippen molar-refractivity contribution in [3.63, 3.8) is 0 Å². The van der Waals surface area contributed by atoms with Crippen LogP contribution in [0.5, 0.6) is 5.75 Å². The number of likely N-dealkylation sites (N-methyl/N-ethyl adjacent to an activating group) is 1. The third kappa shape index (κ3) is 13.1. The lowest BCUT2D eigenvalue weighted by Crippen LogP contribution is -2.58. The number of carbonyl (C=O) groups is 3. The second kappa shape index (κ2) is 23.1. The number of hydrogen-bond donors (Lipinski definition) is 2. The Balaban J connectivity index is 0.818. The van der Waals surface area contributed by atoms with E-state index in [-0.39, 0.29) is 95.6 Å². The first kappa shape index (κ1) is 53.6. The van der Waals surface area contributed by atoms with Crippen LogP contribution in [0, 0.1) is 24.0 Å². The number of carbonyl (C=O) groups excluding carboxylic acids is 3. The second-order valence-electron chi connectivity index (χ2n) is 20.5. The van der Waals surface area contributed by atoms with Crippen LogP contribution in [-0.4, -0.2) is 139 Å². The SMILES string of the molecule is Cc1ncsc1-c1ccc(CNC(=O)[C@@H]2C[C@@H](O)CN2C(=O)[C@@H](N(C)C(=O)COCCOCCOCCOc2cc(F)c([C@@H]3C4=C(C[C@@H](C)N3CC(C)(C)F)c3ccccc3C4)c(F)c2)C(C)(C)C)cc1. The highest BCUT2D eigenvalue weighted by Gasteiger charge is 2.47. The molecule has 3 amide bonds. The largest absolute Gasteiger partial charge is 0.491 e. The van der Waals surface area contributed by atoms with Crippen LogP contribution in [0.15, 0.2) is 71.7 Å². The van der Waals surface area contributed by atoms with Gasteiger partial charge in [-0.1, -0.05) is 69.3 Å². The molecule has 3 aliphatic rings. The van der Waals surface area contributed by atoms with Gasteiger partial charge >= 0.3 is 0 Å². The van der Waals surface area contributed by atoms with Crippen LogP contribution in [0.25, 0.3) is 16.0 Å². The predicted octanol–water partition coefficient (Wildman–Crippen LogP) is 7.87. The molecule has 7 rings (SSSR count). The van der Waals surface area contributed by atoms with Crippen LogP contribution in [-0.2, 0) is 41.6 Å². The number of aryl methyl sites for hydroxylation is 1. The highest BCUT2D eigenvalue weighted by molar-refractivity contribution is 7.13. The summed E-state index contributed by atoms with van der Waals surface area (Å²) in [5, 5.41) is 13.6. The molecule has 384 valence electrons. The molecule has 4 aromatic rings. The third-order valence-corrected chi connectivity index (χ3v) is 14.3. The van der Waals surface area contributed by atoms with Crippen molar-refractivity contribution in [3.8, 4) is 16.2 Å². The van der Waals surface area contributed by atoms with Crippen molar-refractivity contribution >= 4 is 34.6 Å². The molecule has 0 bridgehead atoms. The molecular weight excluding hydrogens is 936 g/mol. The number of aromatic nitrogens is 1. The third-order valence-electron chi connectivity index (χ3n) is 13.3. The summed E-state index contributed by atoms with van der Waals surface area (Å²) in [6.07, 6.45) is 0.386. The fraction of sp³-hybridized carbons (Fsp3) is 0.519. The number of rotatable bonds is 21. The van der Waals surface area contributed by atoms with Gasteiger partial charge in [-0.3, -0.25) is 19.3 Å². The maximum Gasteiger partial charge on any atom is 0.249 e. The fourth-order valence-corrected chi connectivity index (χ4v) is 10.9. The van der Waals surface area contributed by atoms with Gasteiger partial charge in [0.1, 0.15) is 48.4 Å². The van der Waals surface area contributed by atoms with Gasteiger partial charge in [-0.2, -0.15) is 0 Å². The molecule has 1 fully saturated rings. The van der Waals surface area contributed by atoms with Gasteiger partial charge in [0, 0.05) is 56.8 Å². The lowest BCUT2D eigenvalue weighted by molar-refractivity contribution is -0.153. The molecule has 2 aliphatic heterocycles. The molecule has 1 aliphatic carbocycles. The molecule has 0 spiro atoms. The fourth-order valence-electron chi connectivity index (χ4n) is 10.1. The smallest absolute Gasteiger partial charge is 0.249 e. The molecule has 1 saturated heterocycles. The van der Waals surface area contributed by atoms with Crippen molar-refractivity contribution in [3.05, 3.63) is 111 Å². The molecule has 3 aromatic carbocycles. The summed E-state index contributed by atoms with van der Waals surface area (Å²) in [5.74, 6) is -2.77. The Kier molecular flexibility index (Phi) is 17.5. The van der Waals surface area contributed by atoms with Crippen LogP contribution in [0.4, 0.5) is 13.2 Å². The van der Waals surface area contributed by atoms with E-state index in [4.69, 9.17) is 18.9 Å². The number of benzene rings is 3. The van der Waals surface area contributed by atoms with Gasteiger partial charge in [0.2, 0.25) is 17.7 Å². The molecule has 1 aromatic heterocycles. The van der Waals surface area contributed by atoms with Crippen molar-refractivity contribution in [2.45, 2.75) is 110 Å². The number of thiazole rings is 1. The molecule has 5 atom stereocenters. The Hall–Kier alpha value is -5.17. The van der Waals surface area contributed by atoms with Crippen LogP contribution in [0.3, 0.4) is 0 Å². The first-order chi connectivity index (χ1) is 33.7. The van der Waals surface area contributed by atoms with E-state index in [0.29, 0.717) is 12.8 Å². The lowest BCUT2D eigenvalue weighted by atomic mass is 9.84. The summed E-state index contributed by atoms with van der Waals surface area (Å²) < 4.78 is 69.7. The number of aliphatic hydroxyl groups excluding tert-OH is 1. The van der Waals surface area contributed by atoms with E-state index in [9.17, 15) is 19.5 Å². The zero-order chi connectivity index (χ0) is 51.2. The van der Waals surface area contributed by atoms with E-state index in [0.717, 1.165) is 44.0 Å². The summed E-state index contributed by atoms with van der Waals surface area (Å²) in [4.78, 5) is 51.1. The van der Waals surface area contributed by atoms with Gasteiger partial charge in [0.15, 0.2) is 0 Å². The number of ether oxygens (including phenoxy) is 4. The maximum atomic E-state index is 16.0. The van der Waals surface area contributed by atoms with Gasteiger partial charge in [-0.15, -0.1) is 11.3 Å². The van der Waals surface area contributed by atoms with E-state index in [1.54, 1.807) is 16.8 Å². The summed E-state index contributed by atoms with van der Waals surface area (Å²) >= 11 is 1.56. The number of amides is 3. The molecule has 71 heavy (non-hydrogen) atoms. The molecular formula is C54H68F3N5O8S. The zero-order valence-corrected chi connectivity index (χ0v) is 42.9. The summed E-state index contributed by atoms with van der Waals surface area (Å²) in [6, 6.07) is 15.4. The number of halogens is 3. The van der Waals surface area contributed by atoms with Crippen molar-refractivity contribution in [1.82, 2.24) is 25.0 Å². The van der Waals surface area contributed by atoms with Crippen LogP contribution >= 0.6 is 11.3 Å². The maximum absolute atomic E-state index is 16.0. The summed E-state index contributed by atoms with van der Waals surface area (Å²) in [6.45, 7) is 13.1. The number of fused-ring (bicyclic) bond motifs is 2. The molecule has 2 N–H and O–H groups in total. The van der Waals surface area contributed by atoms with Gasteiger partial charge in [0.25, 0.3) is 0 Å². The number of β-amino-alcohol motifs (C(OH)–C–C–N with tert-alkyl or cyclic N) is 1. The summed E-state index contributed by atoms with van der Waals surface area (Å²) in [7, 11) is 1.53. The first-order valence-electron chi connectivity index (χ1n) is 24.3. The number of aliphatic hydroxyl groups is 1. The number of nitrogens with one attached hydrogen (secondary N) is 1. The Morgan fingerprint density at radius 2 is 1.59 bits per heavy atom. The monoisotopic (exact) mass is 1000 g/mol. The van der Waals surface area contributed by atoms with Gasteiger partial charge in [-0.05, 0) is 79.4 Å². The van der Waals surface area contributed by atoms with E-state index in [1.807, 2.05) is 88.0 Å². The standard InChI is InChI=1S/C54H68F3N5O8S/c1-33-23-41-40-12-10-9-11-37(40)24-42(41)48(62(33)31-54(6,7)57)47-43(55)26-39(27-44(47)56)70-22-21-68-18-17-67-19-20-69-30-46(64)60(8)50(53(3,4)5)52(66)61-29-38(63)25-45(61)51(65)58-28-35-13-15-36(16-14-35)49-34(2)59-32-71-49/h9-16,26-27,32-33,38,45,48,50,63H,17-25,28-31H2,1-8H3,(H,58,65)/t33-,38-,45+,48+,50-/m1/s1. The average Bonchev–Trinajstić information content (AvgIpc) is 4.03. The Morgan fingerprint density at radius 3 is 2.23 bits per heavy atom. The van der Waals surface area contributed by atoms with Crippen LogP contribution in [0.2, 0.25) is 0 Å². The molecule has 0 radical (unpaired) electrons. The number of nitrogens with zero attached hydrogens (tertiary/aromatic N) is 4. The average molecular weight is 1000 g/mol. The normalized spacial score (nSPS) is 19.7. The number of likely N-dealkylation sites (tertiary alicyclic amines) is 1. The van der Waals surface area contributed by atoms with Gasteiger partial charge < -0.3 is 39.2 Å².